The van der Waals surface area contributed by atoms with Gasteiger partial charge in [0.1, 0.15) is 0 Å². The molecule has 5 nitrogen and oxygen atoms in total. The molecule has 1 rings (SSSR count). The lowest BCUT2D eigenvalue weighted by Gasteiger charge is -2.09. The Bertz CT molecular complexity index is 213. The Balaban J connectivity index is 2.09. The maximum atomic E-state index is 11.1. The third-order valence-electron chi connectivity index (χ3n) is 1.94. The number of carbonyl (C=O) groups excluding carboxylic acids is 2. The molecule has 74 valence electrons. The van der Waals surface area contributed by atoms with Crippen LogP contribution in [0.3, 0.4) is 0 Å². The van der Waals surface area contributed by atoms with Crippen LogP contribution in [0.2, 0.25) is 0 Å². The Morgan fingerprint density at radius 2 is 2.15 bits per heavy atom. The van der Waals surface area contributed by atoms with Crippen molar-refractivity contribution in [2.45, 2.75) is 31.8 Å². The molecule has 1 fully saturated rings. The molecule has 1 unspecified atom stereocenters. The molecule has 0 aliphatic heterocycles. The summed E-state index contributed by atoms with van der Waals surface area (Å²) in [6.07, 6.45) is 2.13. The second-order valence-corrected chi connectivity index (χ2v) is 3.35. The Labute approximate surface area is 77.1 Å². The van der Waals surface area contributed by atoms with Gasteiger partial charge in [0.15, 0.2) is 0 Å². The topological polar surface area (TPSA) is 84.2 Å². The summed E-state index contributed by atoms with van der Waals surface area (Å²) in [5, 5.41) is 5.52. The van der Waals surface area contributed by atoms with Gasteiger partial charge in [-0.1, -0.05) is 0 Å². The Morgan fingerprint density at radius 1 is 1.54 bits per heavy atom. The lowest BCUT2D eigenvalue weighted by atomic mass is 10.3. The molecule has 13 heavy (non-hydrogen) atoms. The van der Waals surface area contributed by atoms with Crippen molar-refractivity contribution in [2.24, 2.45) is 5.73 Å². The average molecular weight is 185 g/mol. The fourth-order valence-corrected chi connectivity index (χ4v) is 0.853. The lowest BCUT2D eigenvalue weighted by molar-refractivity contribution is -0.121. The Kier molecular flexibility index (Phi) is 3.25. The van der Waals surface area contributed by atoms with Gasteiger partial charge in [0.25, 0.3) is 0 Å². The molecular formula is C8H15N3O2. The molecule has 0 aromatic carbocycles. The zero-order valence-electron chi connectivity index (χ0n) is 7.67. The smallest absolute Gasteiger partial charge is 0.234 e. The van der Waals surface area contributed by atoms with Crippen LogP contribution in [0.5, 0.6) is 0 Å². The van der Waals surface area contributed by atoms with Crippen molar-refractivity contribution in [1.82, 2.24) is 10.6 Å². The SMILES string of the molecule is CC(NCC(=O)NC1CC1)C(N)=O. The summed E-state index contributed by atoms with van der Waals surface area (Å²) in [5.74, 6) is -0.519. The number of primary amides is 1. The zero-order chi connectivity index (χ0) is 9.84. The van der Waals surface area contributed by atoms with E-state index in [1.807, 2.05) is 0 Å². The number of amides is 2. The van der Waals surface area contributed by atoms with Crippen LogP contribution in [-0.2, 0) is 9.59 Å². The molecular weight excluding hydrogens is 170 g/mol. The van der Waals surface area contributed by atoms with E-state index in [4.69, 9.17) is 5.73 Å². The van der Waals surface area contributed by atoms with E-state index >= 15 is 0 Å². The van der Waals surface area contributed by atoms with E-state index in [0.29, 0.717) is 6.04 Å². The van der Waals surface area contributed by atoms with Crippen molar-refractivity contribution in [2.75, 3.05) is 6.54 Å². The second-order valence-electron chi connectivity index (χ2n) is 3.35. The molecule has 0 spiro atoms. The highest BCUT2D eigenvalue weighted by molar-refractivity contribution is 5.82. The summed E-state index contributed by atoms with van der Waals surface area (Å²) in [5.41, 5.74) is 5.00. The van der Waals surface area contributed by atoms with Gasteiger partial charge >= 0.3 is 0 Å². The fraction of sp³-hybridized carbons (Fsp3) is 0.750. The quantitative estimate of drug-likeness (QED) is 0.499. The molecule has 1 atom stereocenters. The van der Waals surface area contributed by atoms with Crippen molar-refractivity contribution >= 4 is 11.8 Å². The van der Waals surface area contributed by atoms with Gasteiger partial charge in [0.2, 0.25) is 11.8 Å². The minimum atomic E-state index is -0.454. The summed E-state index contributed by atoms with van der Waals surface area (Å²) in [4.78, 5) is 21.7. The molecule has 1 saturated carbocycles. The van der Waals surface area contributed by atoms with Crippen LogP contribution >= 0.6 is 0 Å². The molecule has 1 aliphatic carbocycles. The van der Waals surface area contributed by atoms with Gasteiger partial charge in [-0.2, -0.15) is 0 Å². The minimum absolute atomic E-state index is 0.0735. The molecule has 2 amide bonds. The highest BCUT2D eigenvalue weighted by Gasteiger charge is 2.23. The number of nitrogens with one attached hydrogen (secondary N) is 2. The molecule has 0 saturated heterocycles. The minimum Gasteiger partial charge on any atom is -0.368 e. The Morgan fingerprint density at radius 3 is 2.62 bits per heavy atom. The maximum absolute atomic E-state index is 11.1. The van der Waals surface area contributed by atoms with Crippen LogP contribution in [0.25, 0.3) is 0 Å². The molecule has 5 heteroatoms. The third kappa shape index (κ3) is 3.89. The van der Waals surface area contributed by atoms with Gasteiger partial charge in [-0.25, -0.2) is 0 Å². The molecule has 0 aromatic rings. The maximum Gasteiger partial charge on any atom is 0.234 e. The molecule has 4 N–H and O–H groups in total. The van der Waals surface area contributed by atoms with Gasteiger partial charge in [0.05, 0.1) is 12.6 Å². The summed E-state index contributed by atoms with van der Waals surface area (Å²) >= 11 is 0. The third-order valence-corrected chi connectivity index (χ3v) is 1.94. The highest BCUT2D eigenvalue weighted by Crippen LogP contribution is 2.18. The first-order valence-electron chi connectivity index (χ1n) is 4.41. The van der Waals surface area contributed by atoms with Crippen molar-refractivity contribution in [3.63, 3.8) is 0 Å². The number of hydrogen-bond donors (Lipinski definition) is 3. The largest absolute Gasteiger partial charge is 0.368 e. The van der Waals surface area contributed by atoms with Crippen molar-refractivity contribution < 1.29 is 9.59 Å². The first kappa shape index (κ1) is 9.98. The highest BCUT2D eigenvalue weighted by atomic mass is 16.2. The lowest BCUT2D eigenvalue weighted by Crippen LogP contribution is -2.44. The molecule has 0 bridgehead atoms. The van der Waals surface area contributed by atoms with Crippen molar-refractivity contribution in [1.29, 1.82) is 0 Å². The molecule has 0 aromatic heterocycles. The van der Waals surface area contributed by atoms with Gasteiger partial charge in [-0.15, -0.1) is 0 Å². The zero-order valence-corrected chi connectivity index (χ0v) is 7.67. The number of rotatable bonds is 5. The van der Waals surface area contributed by atoms with Crippen molar-refractivity contribution in [3.05, 3.63) is 0 Å². The van der Waals surface area contributed by atoms with Crippen LogP contribution < -0.4 is 16.4 Å². The van der Waals surface area contributed by atoms with Gasteiger partial charge in [-0.05, 0) is 19.8 Å². The summed E-state index contributed by atoms with van der Waals surface area (Å²) in [6, 6.07) is -0.0943. The van der Waals surface area contributed by atoms with Gasteiger partial charge < -0.3 is 11.1 Å². The van der Waals surface area contributed by atoms with Crippen LogP contribution in [0.15, 0.2) is 0 Å². The van der Waals surface area contributed by atoms with Crippen LogP contribution in [-0.4, -0.2) is 30.4 Å². The van der Waals surface area contributed by atoms with Crippen LogP contribution in [0, 0.1) is 0 Å². The van der Waals surface area contributed by atoms with E-state index in [1.165, 1.54) is 0 Å². The van der Waals surface area contributed by atoms with E-state index in [1.54, 1.807) is 6.92 Å². The number of nitrogens with two attached hydrogens (primary N) is 1. The normalized spacial score (nSPS) is 17.9. The monoisotopic (exact) mass is 185 g/mol. The molecule has 0 heterocycles. The van der Waals surface area contributed by atoms with Crippen molar-refractivity contribution in [3.8, 4) is 0 Å². The predicted octanol–water partition coefficient (Wildman–Crippen LogP) is -1.27. The van der Waals surface area contributed by atoms with Crippen LogP contribution in [0.1, 0.15) is 19.8 Å². The molecule has 1 aliphatic rings. The first-order valence-corrected chi connectivity index (χ1v) is 4.41. The second kappa shape index (κ2) is 4.23. The fourth-order valence-electron chi connectivity index (χ4n) is 0.853. The van der Waals surface area contributed by atoms with E-state index in [9.17, 15) is 9.59 Å². The van der Waals surface area contributed by atoms with E-state index < -0.39 is 11.9 Å². The first-order chi connectivity index (χ1) is 6.09. The van der Waals surface area contributed by atoms with E-state index in [2.05, 4.69) is 10.6 Å². The summed E-state index contributed by atoms with van der Waals surface area (Å²) in [6.45, 7) is 1.79. The molecule has 0 radical (unpaired) electrons. The summed E-state index contributed by atoms with van der Waals surface area (Å²) < 4.78 is 0. The van der Waals surface area contributed by atoms with E-state index in [-0.39, 0.29) is 12.5 Å². The number of hydrogen-bond acceptors (Lipinski definition) is 3. The predicted molar refractivity (Wildman–Crippen MR) is 47.8 cm³/mol. The average Bonchev–Trinajstić information content (AvgIpc) is 2.83. The Hall–Kier alpha value is -1.10. The van der Waals surface area contributed by atoms with Gasteiger partial charge in [-0.3, -0.25) is 14.9 Å². The van der Waals surface area contributed by atoms with E-state index in [0.717, 1.165) is 12.8 Å². The van der Waals surface area contributed by atoms with Gasteiger partial charge in [0, 0.05) is 6.04 Å². The standard InChI is InChI=1S/C8H15N3O2/c1-5(8(9)13)10-4-7(12)11-6-2-3-6/h5-6,10H,2-4H2,1H3,(H2,9,13)(H,11,12). The van der Waals surface area contributed by atoms with Crippen LogP contribution in [0.4, 0.5) is 0 Å². The number of carbonyl (C=O) groups is 2. The summed E-state index contributed by atoms with van der Waals surface area (Å²) in [7, 11) is 0.